The third-order valence-electron chi connectivity index (χ3n) is 4.69. The maximum absolute atomic E-state index is 14.7. The zero-order chi connectivity index (χ0) is 19.0. The molecule has 3 heterocycles. The lowest BCUT2D eigenvalue weighted by Crippen LogP contribution is -2.25. The average molecular weight is 438 g/mol. The smallest absolute Gasteiger partial charge is 0.257 e. The Bertz CT molecular complexity index is 1020. The Morgan fingerprint density at radius 1 is 1.21 bits per heavy atom. The molecule has 1 aromatic carbocycles. The Morgan fingerprint density at radius 3 is 2.66 bits per heavy atom. The first-order valence-corrected chi connectivity index (χ1v) is 8.85. The fourth-order valence-electron chi connectivity index (χ4n) is 3.33. The van der Waals surface area contributed by atoms with Crippen LogP contribution in [0.5, 0.6) is 0 Å². The highest BCUT2D eigenvalue weighted by Gasteiger charge is 2.18. The number of carbonyl (C=O) groups is 1. The van der Waals surface area contributed by atoms with Crippen LogP contribution in [-0.4, -0.2) is 27.2 Å². The van der Waals surface area contributed by atoms with Gasteiger partial charge < -0.3 is 10.6 Å². The van der Waals surface area contributed by atoms with Crippen molar-refractivity contribution in [3.05, 3.63) is 70.4 Å². The van der Waals surface area contributed by atoms with Crippen LogP contribution in [0.2, 0.25) is 0 Å². The predicted octanol–water partition coefficient (Wildman–Crippen LogP) is 3.76. The van der Waals surface area contributed by atoms with Gasteiger partial charge in [0, 0.05) is 18.4 Å². The van der Waals surface area contributed by atoms with E-state index >= 15 is 0 Å². The van der Waals surface area contributed by atoms with Crippen molar-refractivity contribution in [2.75, 3.05) is 11.9 Å². The number of aryl methyl sites for hydroxylation is 2. The van der Waals surface area contributed by atoms with Crippen LogP contribution in [0.15, 0.2) is 36.5 Å². The second kappa shape index (κ2) is 9.35. The number of fused-ring (bicyclic) bond motifs is 1. The van der Waals surface area contributed by atoms with Gasteiger partial charge >= 0.3 is 0 Å². The van der Waals surface area contributed by atoms with Crippen LogP contribution in [-0.2, 0) is 13.0 Å². The third-order valence-corrected chi connectivity index (χ3v) is 4.69. The van der Waals surface area contributed by atoms with Gasteiger partial charge in [-0.25, -0.2) is 14.1 Å². The van der Waals surface area contributed by atoms with Crippen LogP contribution in [0.25, 0.3) is 5.82 Å². The van der Waals surface area contributed by atoms with Gasteiger partial charge in [-0.3, -0.25) is 4.79 Å². The molecule has 0 fully saturated rings. The van der Waals surface area contributed by atoms with E-state index in [4.69, 9.17) is 0 Å². The summed E-state index contributed by atoms with van der Waals surface area (Å²) in [6, 6.07) is 8.80. The Labute approximate surface area is 180 Å². The van der Waals surface area contributed by atoms with Crippen molar-refractivity contribution in [3.63, 3.8) is 0 Å². The fourth-order valence-corrected chi connectivity index (χ4v) is 3.33. The number of carbonyl (C=O) groups excluding carboxylic acids is 1. The topological polar surface area (TPSA) is 71.8 Å². The van der Waals surface area contributed by atoms with Crippen LogP contribution < -0.4 is 10.6 Å². The lowest BCUT2D eigenvalue weighted by molar-refractivity contribution is 0.102. The molecule has 154 valence electrons. The SMILES string of the molecule is Cc1cc(C)n(-c2ccc(C(=O)Nc3ccc4c(c3F)CCNC4)cn2)n1.Cl.Cl. The van der Waals surface area contributed by atoms with Crippen molar-refractivity contribution in [2.45, 2.75) is 26.8 Å². The second-order valence-corrected chi connectivity index (χ2v) is 6.69. The molecule has 9 heteroatoms. The highest BCUT2D eigenvalue weighted by molar-refractivity contribution is 6.04. The Hall–Kier alpha value is -2.48. The summed E-state index contributed by atoms with van der Waals surface area (Å²) in [5.41, 5.74) is 4.02. The summed E-state index contributed by atoms with van der Waals surface area (Å²) in [5, 5.41) is 10.2. The summed E-state index contributed by atoms with van der Waals surface area (Å²) in [6.07, 6.45) is 2.09. The van der Waals surface area contributed by atoms with Crippen molar-refractivity contribution in [1.82, 2.24) is 20.1 Å². The summed E-state index contributed by atoms with van der Waals surface area (Å²) in [5.74, 6) is -0.116. The first-order chi connectivity index (χ1) is 13.0. The van der Waals surface area contributed by atoms with Crippen LogP contribution >= 0.6 is 24.8 Å². The van der Waals surface area contributed by atoms with Gasteiger partial charge in [-0.2, -0.15) is 5.10 Å². The molecule has 2 aromatic heterocycles. The molecule has 0 unspecified atom stereocenters. The van der Waals surface area contributed by atoms with E-state index in [9.17, 15) is 9.18 Å². The van der Waals surface area contributed by atoms with Gasteiger partial charge in [-0.15, -0.1) is 24.8 Å². The number of halogens is 3. The van der Waals surface area contributed by atoms with E-state index in [-0.39, 0.29) is 36.3 Å². The molecule has 0 saturated carbocycles. The Kier molecular flexibility index (Phi) is 7.35. The van der Waals surface area contributed by atoms with Gasteiger partial charge in [-0.05, 0) is 62.2 Å². The van der Waals surface area contributed by atoms with Crippen LogP contribution in [0.4, 0.5) is 10.1 Å². The first-order valence-electron chi connectivity index (χ1n) is 8.85. The number of aromatic nitrogens is 3. The lowest BCUT2D eigenvalue weighted by atomic mass is 9.99. The molecule has 1 amide bonds. The number of hydrogen-bond donors (Lipinski definition) is 2. The molecule has 3 aromatic rings. The van der Waals surface area contributed by atoms with E-state index < -0.39 is 5.91 Å². The number of hydrogen-bond acceptors (Lipinski definition) is 4. The lowest BCUT2D eigenvalue weighted by Gasteiger charge is -2.19. The molecule has 0 radical (unpaired) electrons. The van der Waals surface area contributed by atoms with E-state index in [1.807, 2.05) is 26.0 Å². The average Bonchev–Trinajstić information content (AvgIpc) is 3.02. The van der Waals surface area contributed by atoms with Crippen molar-refractivity contribution in [1.29, 1.82) is 0 Å². The number of benzene rings is 1. The molecule has 29 heavy (non-hydrogen) atoms. The molecule has 0 spiro atoms. The number of anilines is 1. The molecule has 6 nitrogen and oxygen atoms in total. The molecule has 0 atom stereocenters. The number of nitrogens with one attached hydrogen (secondary N) is 2. The molecule has 0 bridgehead atoms. The van der Waals surface area contributed by atoms with Crippen molar-refractivity contribution < 1.29 is 9.18 Å². The normalized spacial score (nSPS) is 12.4. The zero-order valence-electron chi connectivity index (χ0n) is 16.0. The number of rotatable bonds is 3. The molecule has 0 aliphatic carbocycles. The van der Waals surface area contributed by atoms with Crippen molar-refractivity contribution >= 4 is 36.4 Å². The van der Waals surface area contributed by atoms with E-state index in [2.05, 4.69) is 20.7 Å². The second-order valence-electron chi connectivity index (χ2n) is 6.69. The molecule has 4 rings (SSSR count). The van der Waals surface area contributed by atoms with Gasteiger partial charge in [-0.1, -0.05) is 6.07 Å². The molecular weight excluding hydrogens is 416 g/mol. The summed E-state index contributed by atoms with van der Waals surface area (Å²) < 4.78 is 16.4. The number of pyridine rings is 1. The minimum atomic E-state index is -0.393. The van der Waals surface area contributed by atoms with Crippen LogP contribution in [0, 0.1) is 19.7 Å². The third kappa shape index (κ3) is 4.58. The van der Waals surface area contributed by atoms with Gasteiger partial charge in [0.1, 0.15) is 5.82 Å². The maximum atomic E-state index is 14.7. The van der Waals surface area contributed by atoms with Gasteiger partial charge in [0.25, 0.3) is 5.91 Å². The molecule has 1 aliphatic heterocycles. The number of amides is 1. The van der Waals surface area contributed by atoms with Crippen molar-refractivity contribution in [3.8, 4) is 5.82 Å². The maximum Gasteiger partial charge on any atom is 0.257 e. The minimum absolute atomic E-state index is 0. The van der Waals surface area contributed by atoms with E-state index in [1.165, 1.54) is 6.20 Å². The molecular formula is C20H22Cl2FN5O. The summed E-state index contributed by atoms with van der Waals surface area (Å²) in [6.45, 7) is 5.24. The van der Waals surface area contributed by atoms with E-state index in [1.54, 1.807) is 22.9 Å². The number of nitrogens with zero attached hydrogens (tertiary/aromatic N) is 3. The van der Waals surface area contributed by atoms with E-state index in [0.29, 0.717) is 29.9 Å². The molecule has 0 saturated heterocycles. The minimum Gasteiger partial charge on any atom is -0.319 e. The highest BCUT2D eigenvalue weighted by Crippen LogP contribution is 2.25. The van der Waals surface area contributed by atoms with Crippen molar-refractivity contribution in [2.24, 2.45) is 0 Å². The van der Waals surface area contributed by atoms with Crippen LogP contribution in [0.1, 0.15) is 32.9 Å². The summed E-state index contributed by atoms with van der Waals surface area (Å²) in [7, 11) is 0. The summed E-state index contributed by atoms with van der Waals surface area (Å²) >= 11 is 0. The largest absolute Gasteiger partial charge is 0.319 e. The molecule has 2 N–H and O–H groups in total. The standard InChI is InChI=1S/C20H20FN5O.2ClH/c1-12-9-13(2)26(25-12)18-6-4-15(11-23-18)20(27)24-17-5-3-14-10-22-8-7-16(14)19(17)21;;/h3-6,9,11,22H,7-8,10H2,1-2H3,(H,24,27);2*1H. The van der Waals surface area contributed by atoms with Gasteiger partial charge in [0.2, 0.25) is 0 Å². The van der Waals surface area contributed by atoms with Crippen LogP contribution in [0.3, 0.4) is 0 Å². The summed E-state index contributed by atoms with van der Waals surface area (Å²) in [4.78, 5) is 16.8. The Morgan fingerprint density at radius 2 is 2.00 bits per heavy atom. The Balaban J connectivity index is 0.00000150. The quantitative estimate of drug-likeness (QED) is 0.653. The molecule has 1 aliphatic rings. The zero-order valence-corrected chi connectivity index (χ0v) is 17.7. The van der Waals surface area contributed by atoms with Gasteiger partial charge in [0.05, 0.1) is 16.9 Å². The first kappa shape index (κ1) is 22.8. The van der Waals surface area contributed by atoms with E-state index in [0.717, 1.165) is 23.5 Å². The predicted molar refractivity (Wildman–Crippen MR) is 115 cm³/mol. The highest BCUT2D eigenvalue weighted by atomic mass is 35.5. The van der Waals surface area contributed by atoms with Gasteiger partial charge in [0.15, 0.2) is 5.82 Å². The fraction of sp³-hybridized carbons (Fsp3) is 0.250. The monoisotopic (exact) mass is 437 g/mol.